The van der Waals surface area contributed by atoms with Gasteiger partial charge in [0.1, 0.15) is 11.5 Å². The van der Waals surface area contributed by atoms with Crippen LogP contribution in [0.15, 0.2) is 66.2 Å². The molecule has 1 aliphatic heterocycles. The molecule has 1 unspecified atom stereocenters. The fourth-order valence-electron chi connectivity index (χ4n) is 4.26. The summed E-state index contributed by atoms with van der Waals surface area (Å²) in [6.45, 7) is 2.44. The zero-order chi connectivity index (χ0) is 22.8. The van der Waals surface area contributed by atoms with Crippen molar-refractivity contribution in [2.24, 2.45) is 0 Å². The van der Waals surface area contributed by atoms with Crippen LogP contribution in [-0.2, 0) is 9.59 Å². The number of benzene rings is 3. The van der Waals surface area contributed by atoms with Gasteiger partial charge in [0.05, 0.1) is 24.3 Å². The van der Waals surface area contributed by atoms with Crippen molar-refractivity contribution in [2.75, 3.05) is 13.7 Å². The largest absolute Gasteiger partial charge is 0.507 e. The van der Waals surface area contributed by atoms with Gasteiger partial charge in [-0.1, -0.05) is 67.4 Å². The molecule has 1 fully saturated rings. The lowest BCUT2D eigenvalue weighted by molar-refractivity contribution is -0.139. The molecule has 0 spiro atoms. The Labute approximate surface area is 191 Å². The second kappa shape index (κ2) is 9.05. The number of rotatable bonds is 6. The van der Waals surface area contributed by atoms with Crippen LogP contribution in [0.1, 0.15) is 36.9 Å². The van der Waals surface area contributed by atoms with Crippen molar-refractivity contribution in [1.82, 2.24) is 4.90 Å². The number of unbranched alkanes of at least 4 members (excludes halogenated alkanes) is 1. The summed E-state index contributed by atoms with van der Waals surface area (Å²) in [4.78, 5) is 27.9. The highest BCUT2D eigenvalue weighted by atomic mass is 35.5. The second-order valence-electron chi connectivity index (χ2n) is 7.76. The van der Waals surface area contributed by atoms with Crippen molar-refractivity contribution in [3.63, 3.8) is 0 Å². The number of halogens is 1. The van der Waals surface area contributed by atoms with E-state index in [1.54, 1.807) is 17.0 Å². The fourth-order valence-corrected chi connectivity index (χ4v) is 4.43. The minimum absolute atomic E-state index is 0.0445. The number of ether oxygens (including phenoxy) is 1. The lowest BCUT2D eigenvalue weighted by Crippen LogP contribution is -2.30. The molecule has 0 aromatic heterocycles. The van der Waals surface area contributed by atoms with Gasteiger partial charge in [0.2, 0.25) is 0 Å². The molecule has 6 heteroatoms. The summed E-state index contributed by atoms with van der Waals surface area (Å²) in [5, 5.41) is 13.6. The van der Waals surface area contributed by atoms with Gasteiger partial charge in [-0.2, -0.15) is 0 Å². The number of fused-ring (bicyclic) bond motifs is 1. The summed E-state index contributed by atoms with van der Waals surface area (Å²) >= 11 is 6.17. The van der Waals surface area contributed by atoms with Crippen molar-refractivity contribution in [2.45, 2.75) is 25.8 Å². The predicted octanol–water partition coefficient (Wildman–Crippen LogP) is 5.72. The van der Waals surface area contributed by atoms with E-state index in [1.807, 2.05) is 49.4 Å². The van der Waals surface area contributed by atoms with Crippen LogP contribution in [0.4, 0.5) is 0 Å². The molecule has 3 aromatic rings. The van der Waals surface area contributed by atoms with Crippen LogP contribution in [-0.4, -0.2) is 35.4 Å². The highest BCUT2D eigenvalue weighted by molar-refractivity contribution is 6.46. The Morgan fingerprint density at radius 2 is 1.84 bits per heavy atom. The number of Topliss-reactive ketones (excluding diaryl/α,β-unsaturated/α-hetero) is 1. The van der Waals surface area contributed by atoms with E-state index in [1.165, 1.54) is 13.2 Å². The van der Waals surface area contributed by atoms with E-state index in [0.717, 1.165) is 29.2 Å². The van der Waals surface area contributed by atoms with Crippen molar-refractivity contribution >= 4 is 39.8 Å². The Bertz CT molecular complexity index is 1230. The Morgan fingerprint density at radius 3 is 2.59 bits per heavy atom. The fraction of sp³-hybridized carbons (Fsp3) is 0.231. The topological polar surface area (TPSA) is 66.8 Å². The van der Waals surface area contributed by atoms with Crippen molar-refractivity contribution in [3.05, 3.63) is 82.4 Å². The third-order valence-corrected chi connectivity index (χ3v) is 6.06. The highest BCUT2D eigenvalue weighted by Gasteiger charge is 2.46. The van der Waals surface area contributed by atoms with E-state index in [-0.39, 0.29) is 16.9 Å². The minimum Gasteiger partial charge on any atom is -0.507 e. The van der Waals surface area contributed by atoms with Crippen molar-refractivity contribution in [1.29, 1.82) is 0 Å². The van der Waals surface area contributed by atoms with Crippen LogP contribution in [0.5, 0.6) is 5.75 Å². The van der Waals surface area contributed by atoms with Crippen LogP contribution >= 0.6 is 11.6 Å². The average Bonchev–Trinajstić information content (AvgIpc) is 3.06. The smallest absolute Gasteiger partial charge is 0.295 e. The first-order chi connectivity index (χ1) is 15.5. The number of carbonyl (C=O) groups is 2. The summed E-state index contributed by atoms with van der Waals surface area (Å²) < 4.78 is 5.38. The molecule has 1 amide bonds. The first-order valence-electron chi connectivity index (χ1n) is 10.6. The Balaban J connectivity index is 1.99. The predicted molar refractivity (Wildman–Crippen MR) is 126 cm³/mol. The quantitative estimate of drug-likeness (QED) is 0.297. The number of nitrogens with zero attached hydrogens (tertiary/aromatic N) is 1. The maximum Gasteiger partial charge on any atom is 0.295 e. The molecule has 0 aliphatic carbocycles. The third-order valence-electron chi connectivity index (χ3n) is 5.83. The van der Waals surface area contributed by atoms with Crippen molar-refractivity contribution in [3.8, 4) is 5.75 Å². The molecule has 4 rings (SSSR count). The van der Waals surface area contributed by atoms with Crippen molar-refractivity contribution < 1.29 is 19.4 Å². The van der Waals surface area contributed by atoms with Gasteiger partial charge in [0, 0.05) is 11.6 Å². The maximum absolute atomic E-state index is 13.2. The summed E-state index contributed by atoms with van der Waals surface area (Å²) in [5.41, 5.74) is 1.11. The molecule has 1 saturated heterocycles. The molecule has 1 N–H and O–H groups in total. The molecule has 3 aromatic carbocycles. The van der Waals surface area contributed by atoms with E-state index in [0.29, 0.717) is 17.3 Å². The maximum atomic E-state index is 13.2. The highest BCUT2D eigenvalue weighted by Crippen LogP contribution is 2.43. The summed E-state index contributed by atoms with van der Waals surface area (Å²) in [7, 11) is 1.47. The number of hydrogen-bond acceptors (Lipinski definition) is 4. The van der Waals surface area contributed by atoms with E-state index >= 15 is 0 Å². The molecular weight excluding hydrogens is 426 g/mol. The molecule has 32 heavy (non-hydrogen) atoms. The number of likely N-dealkylation sites (tertiary alicyclic amines) is 1. The van der Waals surface area contributed by atoms with Gasteiger partial charge in [0.15, 0.2) is 0 Å². The van der Waals surface area contributed by atoms with Gasteiger partial charge in [-0.05, 0) is 41.0 Å². The number of aliphatic hydroxyl groups excluding tert-OH is 1. The van der Waals surface area contributed by atoms with Crippen LogP contribution in [0.3, 0.4) is 0 Å². The lowest BCUT2D eigenvalue weighted by atomic mass is 9.91. The second-order valence-corrected chi connectivity index (χ2v) is 8.20. The van der Waals surface area contributed by atoms with E-state index < -0.39 is 17.7 Å². The van der Waals surface area contributed by atoms with E-state index in [2.05, 4.69) is 0 Å². The minimum atomic E-state index is -0.712. The number of methoxy groups -OCH3 is 1. The zero-order valence-corrected chi connectivity index (χ0v) is 18.7. The standard InChI is InChI=1S/C26H24ClNO4/c1-3-4-14-28-23(19-11-7-9-16-8-5-6-10-18(16)19)22(25(30)26(28)31)24(29)20-15-17(27)12-13-21(20)32-2/h5-13,15,23,29H,3-4,14H2,1-2H3/b24-22+. The third kappa shape index (κ3) is 3.73. The Kier molecular flexibility index (Phi) is 6.19. The number of amides is 1. The molecule has 0 bridgehead atoms. The normalized spacial score (nSPS) is 17.8. The molecule has 0 saturated carbocycles. The average molecular weight is 450 g/mol. The van der Waals surface area contributed by atoms with Gasteiger partial charge in [-0.15, -0.1) is 0 Å². The van der Waals surface area contributed by atoms with E-state index in [9.17, 15) is 14.7 Å². The molecule has 1 heterocycles. The zero-order valence-electron chi connectivity index (χ0n) is 18.0. The van der Waals surface area contributed by atoms with Gasteiger partial charge >= 0.3 is 0 Å². The number of carbonyl (C=O) groups excluding carboxylic acids is 2. The van der Waals surface area contributed by atoms with Gasteiger partial charge in [-0.3, -0.25) is 9.59 Å². The Hall–Kier alpha value is -3.31. The van der Waals surface area contributed by atoms with E-state index in [4.69, 9.17) is 16.3 Å². The number of ketones is 1. The lowest BCUT2D eigenvalue weighted by Gasteiger charge is -2.26. The first kappa shape index (κ1) is 21.9. The van der Waals surface area contributed by atoms with Gasteiger partial charge in [-0.25, -0.2) is 0 Å². The SMILES string of the molecule is CCCCN1C(=O)C(=O)/C(=C(/O)c2cc(Cl)ccc2OC)C1c1cccc2ccccc12. The van der Waals surface area contributed by atoms with Crippen LogP contribution in [0.2, 0.25) is 5.02 Å². The van der Waals surface area contributed by atoms with Crippen LogP contribution < -0.4 is 4.74 Å². The molecular formula is C26H24ClNO4. The molecule has 0 radical (unpaired) electrons. The van der Waals surface area contributed by atoms with Gasteiger partial charge in [0.25, 0.3) is 11.7 Å². The monoisotopic (exact) mass is 449 g/mol. The molecule has 5 nitrogen and oxygen atoms in total. The van der Waals surface area contributed by atoms with Crippen LogP contribution in [0.25, 0.3) is 16.5 Å². The summed E-state index contributed by atoms with van der Waals surface area (Å²) in [6.07, 6.45) is 1.61. The summed E-state index contributed by atoms with van der Waals surface area (Å²) in [6, 6.07) is 17.7. The van der Waals surface area contributed by atoms with Gasteiger partial charge < -0.3 is 14.7 Å². The molecule has 164 valence electrons. The number of aliphatic hydroxyl groups is 1. The summed E-state index contributed by atoms with van der Waals surface area (Å²) in [5.74, 6) is -1.25. The number of hydrogen-bond donors (Lipinski definition) is 1. The Morgan fingerprint density at radius 1 is 1.09 bits per heavy atom. The first-order valence-corrected chi connectivity index (χ1v) is 11.0. The van der Waals surface area contributed by atoms with Crippen LogP contribution in [0, 0.1) is 0 Å². The molecule has 1 atom stereocenters. The molecule has 1 aliphatic rings.